The fourth-order valence-corrected chi connectivity index (χ4v) is 3.79. The lowest BCUT2D eigenvalue weighted by Crippen LogP contribution is -2.48. The average Bonchev–Trinajstić information content (AvgIpc) is 3.33. The van der Waals surface area contributed by atoms with Gasteiger partial charge in [-0.2, -0.15) is 0 Å². The molecular formula is C27H41N3O4. The van der Waals surface area contributed by atoms with Crippen molar-refractivity contribution in [1.29, 1.82) is 0 Å². The van der Waals surface area contributed by atoms with E-state index in [0.29, 0.717) is 48.9 Å². The quantitative estimate of drug-likeness (QED) is 0.343. The van der Waals surface area contributed by atoms with Gasteiger partial charge < -0.3 is 25.1 Å². The van der Waals surface area contributed by atoms with Crippen LogP contribution in [-0.4, -0.2) is 60.1 Å². The van der Waals surface area contributed by atoms with Crippen LogP contribution in [0.2, 0.25) is 0 Å². The van der Waals surface area contributed by atoms with Crippen molar-refractivity contribution in [2.45, 2.75) is 65.5 Å². The molecule has 0 aliphatic heterocycles. The number of benzene rings is 1. The molecular weight excluding hydrogens is 430 g/mol. The molecule has 0 saturated carbocycles. The van der Waals surface area contributed by atoms with E-state index < -0.39 is 12.1 Å². The van der Waals surface area contributed by atoms with Crippen LogP contribution in [0.4, 0.5) is 0 Å². The number of hydrogen-bond acceptors (Lipinski definition) is 5. The van der Waals surface area contributed by atoms with E-state index in [2.05, 4.69) is 24.5 Å². The number of rotatable bonds is 15. The molecule has 0 radical (unpaired) electrons. The molecule has 2 amide bonds. The van der Waals surface area contributed by atoms with E-state index in [4.69, 9.17) is 4.42 Å². The first kappa shape index (κ1) is 27.6. The molecule has 188 valence electrons. The van der Waals surface area contributed by atoms with E-state index in [0.717, 1.165) is 25.8 Å². The lowest BCUT2D eigenvalue weighted by Gasteiger charge is -2.24. The number of aliphatic hydroxyl groups excluding tert-OH is 1. The number of furan rings is 1. The van der Waals surface area contributed by atoms with Gasteiger partial charge in [-0.05, 0) is 62.1 Å². The second kappa shape index (κ2) is 14.6. The molecule has 2 aromatic rings. The van der Waals surface area contributed by atoms with Crippen LogP contribution < -0.4 is 10.6 Å². The maximum absolute atomic E-state index is 13.1. The summed E-state index contributed by atoms with van der Waals surface area (Å²) >= 11 is 0. The van der Waals surface area contributed by atoms with Gasteiger partial charge in [0.05, 0.1) is 18.4 Å². The lowest BCUT2D eigenvalue weighted by molar-refractivity contribution is 0.0755. The van der Waals surface area contributed by atoms with Gasteiger partial charge in [0.1, 0.15) is 5.76 Å². The van der Waals surface area contributed by atoms with Gasteiger partial charge in [-0.25, -0.2) is 0 Å². The minimum atomic E-state index is -0.796. The number of amides is 2. The Kier molecular flexibility index (Phi) is 11.8. The summed E-state index contributed by atoms with van der Waals surface area (Å²) in [6.45, 7) is 10.9. The third kappa shape index (κ3) is 8.95. The summed E-state index contributed by atoms with van der Waals surface area (Å²) in [5, 5.41) is 17.0. The number of nitrogens with zero attached hydrogens (tertiary/aromatic N) is 1. The summed E-state index contributed by atoms with van der Waals surface area (Å²) in [5.74, 6) is 0.860. The van der Waals surface area contributed by atoms with Crippen molar-refractivity contribution < 1.29 is 19.1 Å². The topological polar surface area (TPSA) is 94.8 Å². The zero-order chi connectivity index (χ0) is 24.9. The summed E-state index contributed by atoms with van der Waals surface area (Å²) in [7, 11) is 0. The highest BCUT2D eigenvalue weighted by molar-refractivity contribution is 5.99. The van der Waals surface area contributed by atoms with E-state index in [1.807, 2.05) is 24.8 Å². The van der Waals surface area contributed by atoms with E-state index in [1.54, 1.807) is 36.6 Å². The molecule has 0 aliphatic carbocycles. The van der Waals surface area contributed by atoms with E-state index in [9.17, 15) is 14.7 Å². The van der Waals surface area contributed by atoms with Crippen LogP contribution in [-0.2, 0) is 6.42 Å². The Bertz CT molecular complexity index is 861. The fourth-order valence-electron chi connectivity index (χ4n) is 3.79. The molecule has 2 rings (SSSR count). The largest absolute Gasteiger partial charge is 0.469 e. The lowest BCUT2D eigenvalue weighted by atomic mass is 10.0. The monoisotopic (exact) mass is 471 g/mol. The zero-order valence-corrected chi connectivity index (χ0v) is 21.0. The van der Waals surface area contributed by atoms with E-state index >= 15 is 0 Å². The molecule has 0 saturated heterocycles. The highest BCUT2D eigenvalue weighted by atomic mass is 16.3. The van der Waals surface area contributed by atoms with Gasteiger partial charge in [0, 0.05) is 37.2 Å². The molecule has 2 atom stereocenters. The van der Waals surface area contributed by atoms with Gasteiger partial charge in [-0.1, -0.05) is 33.8 Å². The highest BCUT2D eigenvalue weighted by Crippen LogP contribution is 2.12. The van der Waals surface area contributed by atoms with Crippen LogP contribution in [0.25, 0.3) is 0 Å². The zero-order valence-electron chi connectivity index (χ0n) is 21.0. The van der Waals surface area contributed by atoms with E-state index in [1.165, 1.54) is 0 Å². The van der Waals surface area contributed by atoms with Crippen molar-refractivity contribution in [3.8, 4) is 0 Å². The molecule has 7 heteroatoms. The maximum atomic E-state index is 13.1. The Labute approximate surface area is 203 Å². The molecule has 0 spiro atoms. The van der Waals surface area contributed by atoms with Gasteiger partial charge in [-0.3, -0.25) is 9.59 Å². The maximum Gasteiger partial charge on any atom is 0.253 e. The van der Waals surface area contributed by atoms with Crippen molar-refractivity contribution in [2.75, 3.05) is 26.2 Å². The van der Waals surface area contributed by atoms with Crippen molar-refractivity contribution in [2.24, 2.45) is 5.92 Å². The van der Waals surface area contributed by atoms with Crippen LogP contribution in [0.15, 0.2) is 47.1 Å². The van der Waals surface area contributed by atoms with Crippen molar-refractivity contribution in [3.63, 3.8) is 0 Å². The molecule has 1 aromatic heterocycles. The predicted octanol–water partition coefficient (Wildman–Crippen LogP) is 3.88. The normalized spacial score (nSPS) is 13.0. The minimum absolute atomic E-state index is 0.0696. The Balaban J connectivity index is 2.11. The van der Waals surface area contributed by atoms with Crippen molar-refractivity contribution in [1.82, 2.24) is 15.5 Å². The molecule has 0 aliphatic rings. The number of carbonyl (C=O) groups is 2. The third-order valence-corrected chi connectivity index (χ3v) is 5.68. The molecule has 3 N–H and O–H groups in total. The number of nitrogens with one attached hydrogen (secondary N) is 2. The molecule has 0 unspecified atom stereocenters. The van der Waals surface area contributed by atoms with Crippen LogP contribution in [0, 0.1) is 5.92 Å². The third-order valence-electron chi connectivity index (χ3n) is 5.68. The van der Waals surface area contributed by atoms with Crippen molar-refractivity contribution in [3.05, 3.63) is 59.5 Å². The molecule has 34 heavy (non-hydrogen) atoms. The Morgan fingerprint density at radius 2 is 1.76 bits per heavy atom. The van der Waals surface area contributed by atoms with Gasteiger partial charge in [0.15, 0.2) is 0 Å². The molecule has 1 aromatic carbocycles. The van der Waals surface area contributed by atoms with Crippen LogP contribution in [0.5, 0.6) is 0 Å². The second-order valence-corrected chi connectivity index (χ2v) is 9.19. The average molecular weight is 472 g/mol. The number of carbonyl (C=O) groups excluding carboxylic acids is 2. The van der Waals surface area contributed by atoms with Crippen LogP contribution in [0.1, 0.15) is 73.4 Å². The first-order valence-electron chi connectivity index (χ1n) is 12.5. The van der Waals surface area contributed by atoms with Gasteiger partial charge >= 0.3 is 0 Å². The van der Waals surface area contributed by atoms with Crippen LogP contribution >= 0.6 is 0 Å². The van der Waals surface area contributed by atoms with Gasteiger partial charge in [0.25, 0.3) is 11.8 Å². The second-order valence-electron chi connectivity index (χ2n) is 9.19. The van der Waals surface area contributed by atoms with Crippen LogP contribution in [0.3, 0.4) is 0 Å². The summed E-state index contributed by atoms with van der Waals surface area (Å²) in [6.07, 6.45) is 3.92. The Morgan fingerprint density at radius 3 is 2.38 bits per heavy atom. The Hall–Kier alpha value is -2.64. The summed E-state index contributed by atoms with van der Waals surface area (Å²) in [6, 6.07) is 9.86. The van der Waals surface area contributed by atoms with E-state index in [-0.39, 0.29) is 11.8 Å². The Morgan fingerprint density at radius 1 is 1.06 bits per heavy atom. The molecule has 1 heterocycles. The number of hydrogen-bond donors (Lipinski definition) is 3. The highest BCUT2D eigenvalue weighted by Gasteiger charge is 2.24. The number of aliphatic hydroxyl groups is 1. The van der Waals surface area contributed by atoms with Crippen molar-refractivity contribution >= 4 is 11.8 Å². The molecule has 7 nitrogen and oxygen atoms in total. The molecule has 0 fully saturated rings. The fraction of sp³-hybridized carbons (Fsp3) is 0.556. The predicted molar refractivity (Wildman–Crippen MR) is 135 cm³/mol. The first-order valence-corrected chi connectivity index (χ1v) is 12.5. The first-order chi connectivity index (χ1) is 16.3. The summed E-state index contributed by atoms with van der Waals surface area (Å²) in [5.41, 5.74) is 0.885. The van der Waals surface area contributed by atoms with Gasteiger partial charge in [0.2, 0.25) is 0 Å². The SMILES string of the molecule is CCCN(CCC)C(=O)c1cccc(C(=O)N[C@@H](Cc2ccco2)[C@H](O)CNCCC(C)C)c1. The minimum Gasteiger partial charge on any atom is -0.469 e. The summed E-state index contributed by atoms with van der Waals surface area (Å²) in [4.78, 5) is 27.9. The smallest absolute Gasteiger partial charge is 0.253 e. The molecule has 0 bridgehead atoms. The van der Waals surface area contributed by atoms with Gasteiger partial charge in [-0.15, -0.1) is 0 Å². The standard InChI is InChI=1S/C27H41N3O4/c1-5-14-30(15-6-2)27(33)22-10-7-9-21(17-22)26(32)29-24(18-23-11-8-16-34-23)25(31)19-28-13-12-20(3)4/h7-11,16-17,20,24-25,28,31H,5-6,12-15,18-19H2,1-4H3,(H,29,32)/t24-,25+/m0/s1. The summed E-state index contributed by atoms with van der Waals surface area (Å²) < 4.78 is 5.45.